The maximum atomic E-state index is 12.2. The third-order valence-electron chi connectivity index (χ3n) is 4.06. The fourth-order valence-electron chi connectivity index (χ4n) is 2.57. The lowest BCUT2D eigenvalue weighted by molar-refractivity contribution is 0.0471. The molecule has 0 atom stereocenters. The van der Waals surface area contributed by atoms with E-state index in [4.69, 9.17) is 9.47 Å². The largest absolute Gasteiger partial charge is 0.465 e. The van der Waals surface area contributed by atoms with Crippen molar-refractivity contribution in [2.45, 2.75) is 6.61 Å². The molecule has 1 aliphatic heterocycles. The maximum absolute atomic E-state index is 12.2. The van der Waals surface area contributed by atoms with Gasteiger partial charge < -0.3 is 19.1 Å². The van der Waals surface area contributed by atoms with Crippen molar-refractivity contribution in [3.63, 3.8) is 0 Å². The number of nitrogens with zero attached hydrogens (tertiary/aromatic N) is 2. The highest BCUT2D eigenvalue weighted by Crippen LogP contribution is 2.14. The number of ether oxygens (including phenoxy) is 3. The number of rotatable bonds is 5. The second-order valence-electron chi connectivity index (χ2n) is 5.77. The summed E-state index contributed by atoms with van der Waals surface area (Å²) in [6.07, 6.45) is 1.52. The lowest BCUT2D eigenvalue weighted by atomic mass is 10.1. The first kappa shape index (κ1) is 17.9. The molecule has 1 aromatic heterocycles. The van der Waals surface area contributed by atoms with Gasteiger partial charge in [-0.3, -0.25) is 0 Å². The summed E-state index contributed by atoms with van der Waals surface area (Å²) in [4.78, 5) is 30.0. The maximum Gasteiger partial charge on any atom is 0.340 e. The van der Waals surface area contributed by atoms with Crippen LogP contribution in [0, 0.1) is 0 Å². The third-order valence-corrected chi connectivity index (χ3v) is 4.06. The van der Waals surface area contributed by atoms with Gasteiger partial charge in [0, 0.05) is 19.3 Å². The second-order valence-corrected chi connectivity index (χ2v) is 5.77. The summed E-state index contributed by atoms with van der Waals surface area (Å²) < 4.78 is 15.3. The van der Waals surface area contributed by atoms with Crippen LogP contribution in [0.15, 0.2) is 42.6 Å². The average molecular weight is 356 g/mol. The number of methoxy groups -OCH3 is 1. The second kappa shape index (κ2) is 8.44. The monoisotopic (exact) mass is 356 g/mol. The van der Waals surface area contributed by atoms with Crippen molar-refractivity contribution < 1.29 is 23.8 Å². The van der Waals surface area contributed by atoms with Crippen LogP contribution >= 0.6 is 0 Å². The number of carbonyl (C=O) groups excluding carboxylic acids is 2. The highest BCUT2D eigenvalue weighted by molar-refractivity contribution is 5.90. The molecule has 7 nitrogen and oxygen atoms in total. The van der Waals surface area contributed by atoms with Crippen molar-refractivity contribution >= 4 is 17.8 Å². The zero-order valence-electron chi connectivity index (χ0n) is 14.5. The highest BCUT2D eigenvalue weighted by atomic mass is 16.5. The van der Waals surface area contributed by atoms with Gasteiger partial charge in [-0.15, -0.1) is 0 Å². The molecule has 1 saturated heterocycles. The zero-order valence-corrected chi connectivity index (χ0v) is 14.5. The molecule has 3 rings (SSSR count). The Hall–Kier alpha value is -2.93. The highest BCUT2D eigenvalue weighted by Gasteiger charge is 2.14. The molecular formula is C19H20N2O5. The van der Waals surface area contributed by atoms with Gasteiger partial charge in [-0.25, -0.2) is 14.6 Å². The summed E-state index contributed by atoms with van der Waals surface area (Å²) in [5.74, 6) is -0.0219. The summed E-state index contributed by atoms with van der Waals surface area (Å²) in [6, 6.07) is 10.2. The van der Waals surface area contributed by atoms with Crippen LogP contribution in [0.3, 0.4) is 0 Å². The lowest BCUT2D eigenvalue weighted by Crippen LogP contribution is -2.36. The molecule has 7 heteroatoms. The van der Waals surface area contributed by atoms with Crippen molar-refractivity contribution in [1.29, 1.82) is 0 Å². The van der Waals surface area contributed by atoms with Crippen LogP contribution in [-0.2, 0) is 20.8 Å². The predicted octanol–water partition coefficient (Wildman–Crippen LogP) is 2.06. The van der Waals surface area contributed by atoms with Gasteiger partial charge in [0.25, 0.3) is 0 Å². The van der Waals surface area contributed by atoms with E-state index in [1.807, 2.05) is 6.07 Å². The van der Waals surface area contributed by atoms with E-state index in [0.29, 0.717) is 24.3 Å². The van der Waals surface area contributed by atoms with Crippen LogP contribution in [0.4, 0.5) is 5.82 Å². The molecular weight excluding hydrogens is 336 g/mol. The SMILES string of the molecule is COC(=O)c1ccc(COC(=O)c2ccc(N3CCOCC3)nc2)cc1. The van der Waals surface area contributed by atoms with Gasteiger partial charge in [0.2, 0.25) is 0 Å². The normalized spacial score (nSPS) is 14.0. The summed E-state index contributed by atoms with van der Waals surface area (Å²) in [5, 5.41) is 0. The van der Waals surface area contributed by atoms with Crippen LogP contribution in [-0.4, -0.2) is 50.3 Å². The Kier molecular flexibility index (Phi) is 5.80. The number of esters is 2. The first-order chi connectivity index (χ1) is 12.7. The average Bonchev–Trinajstić information content (AvgIpc) is 2.72. The summed E-state index contributed by atoms with van der Waals surface area (Å²) in [7, 11) is 1.33. The van der Waals surface area contributed by atoms with Crippen molar-refractivity contribution in [2.24, 2.45) is 0 Å². The Balaban J connectivity index is 1.55. The topological polar surface area (TPSA) is 78.0 Å². The molecule has 2 heterocycles. The van der Waals surface area contributed by atoms with Gasteiger partial charge in [0.15, 0.2) is 0 Å². The van der Waals surface area contributed by atoms with Gasteiger partial charge in [-0.2, -0.15) is 0 Å². The smallest absolute Gasteiger partial charge is 0.340 e. The van der Waals surface area contributed by atoms with Gasteiger partial charge in [-0.1, -0.05) is 12.1 Å². The van der Waals surface area contributed by atoms with Crippen molar-refractivity contribution in [3.8, 4) is 0 Å². The van der Waals surface area contributed by atoms with E-state index in [2.05, 4.69) is 14.6 Å². The van der Waals surface area contributed by atoms with Crippen LogP contribution < -0.4 is 4.90 Å². The fourth-order valence-corrected chi connectivity index (χ4v) is 2.57. The molecule has 0 N–H and O–H groups in total. The van der Waals surface area contributed by atoms with E-state index in [-0.39, 0.29) is 6.61 Å². The van der Waals surface area contributed by atoms with E-state index in [9.17, 15) is 9.59 Å². The number of carbonyl (C=O) groups is 2. The van der Waals surface area contributed by atoms with Crippen LogP contribution in [0.5, 0.6) is 0 Å². The minimum Gasteiger partial charge on any atom is -0.465 e. The Labute approximate surface area is 151 Å². The molecule has 1 fully saturated rings. The number of hydrogen-bond donors (Lipinski definition) is 0. The van der Waals surface area contributed by atoms with Crippen molar-refractivity contribution in [2.75, 3.05) is 38.3 Å². The first-order valence-electron chi connectivity index (χ1n) is 8.30. The standard InChI is InChI=1S/C19H20N2O5/c1-24-18(22)15-4-2-14(3-5-15)13-26-19(23)16-6-7-17(20-12-16)21-8-10-25-11-9-21/h2-7,12H,8-11,13H2,1H3. The molecule has 2 aromatic rings. The molecule has 0 bridgehead atoms. The molecule has 26 heavy (non-hydrogen) atoms. The molecule has 0 amide bonds. The number of morpholine rings is 1. The molecule has 0 spiro atoms. The van der Waals surface area contributed by atoms with E-state index in [0.717, 1.165) is 24.5 Å². The van der Waals surface area contributed by atoms with Gasteiger partial charge in [0.05, 0.1) is 31.5 Å². The van der Waals surface area contributed by atoms with Crippen molar-refractivity contribution in [1.82, 2.24) is 4.98 Å². The molecule has 0 saturated carbocycles. The summed E-state index contributed by atoms with van der Waals surface area (Å²) in [5.41, 5.74) is 1.63. The van der Waals surface area contributed by atoms with Crippen LogP contribution in [0.1, 0.15) is 26.3 Å². The first-order valence-corrected chi connectivity index (χ1v) is 8.30. The quantitative estimate of drug-likeness (QED) is 0.759. The fraction of sp³-hybridized carbons (Fsp3) is 0.316. The Bertz CT molecular complexity index is 753. The molecule has 0 radical (unpaired) electrons. The van der Waals surface area contributed by atoms with Crippen LogP contribution in [0.2, 0.25) is 0 Å². The minimum atomic E-state index is -0.442. The molecule has 0 aliphatic carbocycles. The third kappa shape index (κ3) is 4.37. The lowest BCUT2D eigenvalue weighted by Gasteiger charge is -2.27. The van der Waals surface area contributed by atoms with Gasteiger partial charge in [-0.05, 0) is 29.8 Å². The van der Waals surface area contributed by atoms with E-state index < -0.39 is 11.9 Å². The Morgan fingerprint density at radius 2 is 1.73 bits per heavy atom. The van der Waals surface area contributed by atoms with Gasteiger partial charge >= 0.3 is 11.9 Å². The number of anilines is 1. The van der Waals surface area contributed by atoms with E-state index in [1.54, 1.807) is 30.3 Å². The Morgan fingerprint density at radius 3 is 2.35 bits per heavy atom. The Morgan fingerprint density at radius 1 is 1.04 bits per heavy atom. The molecule has 136 valence electrons. The zero-order chi connectivity index (χ0) is 18.4. The number of benzene rings is 1. The van der Waals surface area contributed by atoms with Gasteiger partial charge in [0.1, 0.15) is 12.4 Å². The van der Waals surface area contributed by atoms with Crippen LogP contribution in [0.25, 0.3) is 0 Å². The van der Waals surface area contributed by atoms with E-state index in [1.165, 1.54) is 13.3 Å². The van der Waals surface area contributed by atoms with E-state index >= 15 is 0 Å². The summed E-state index contributed by atoms with van der Waals surface area (Å²) >= 11 is 0. The number of pyridine rings is 1. The van der Waals surface area contributed by atoms with Crippen molar-refractivity contribution in [3.05, 3.63) is 59.3 Å². The number of hydrogen-bond acceptors (Lipinski definition) is 7. The number of aromatic nitrogens is 1. The predicted molar refractivity (Wildman–Crippen MR) is 94.2 cm³/mol. The molecule has 0 unspecified atom stereocenters. The molecule has 1 aromatic carbocycles. The summed E-state index contributed by atoms with van der Waals surface area (Å²) in [6.45, 7) is 3.06. The minimum absolute atomic E-state index is 0.117. The molecule has 1 aliphatic rings.